The summed E-state index contributed by atoms with van der Waals surface area (Å²) in [5, 5.41) is 0. The van der Waals surface area contributed by atoms with Gasteiger partial charge in [-0.2, -0.15) is 0 Å². The molecule has 1 unspecified atom stereocenters. The number of allylic oxidation sites excluding steroid dienone is 1. The molecule has 0 N–H and O–H groups in total. The van der Waals surface area contributed by atoms with Crippen LogP contribution in [0.5, 0.6) is 5.75 Å². The lowest BCUT2D eigenvalue weighted by atomic mass is 10.0. The summed E-state index contributed by atoms with van der Waals surface area (Å²) in [6, 6.07) is 7.86. The van der Waals surface area contributed by atoms with Crippen LogP contribution in [-0.2, 0) is 9.53 Å². The fraction of sp³-hybridized carbons (Fsp3) is 0.526. The summed E-state index contributed by atoms with van der Waals surface area (Å²) in [6.45, 7) is 4.62. The maximum absolute atomic E-state index is 12.6. The highest BCUT2D eigenvalue weighted by Gasteiger charge is 2.29. The summed E-state index contributed by atoms with van der Waals surface area (Å²) in [5.74, 6) is 1.33. The minimum Gasteiger partial charge on any atom is -0.496 e. The van der Waals surface area contributed by atoms with E-state index in [2.05, 4.69) is 4.90 Å². The van der Waals surface area contributed by atoms with E-state index in [0.717, 1.165) is 69.0 Å². The predicted octanol–water partition coefficient (Wildman–Crippen LogP) is 3.20. The summed E-state index contributed by atoms with van der Waals surface area (Å²) in [7, 11) is 1.67. The van der Waals surface area contributed by atoms with E-state index < -0.39 is 0 Å². The van der Waals surface area contributed by atoms with Gasteiger partial charge in [0.05, 0.1) is 20.3 Å². The third kappa shape index (κ3) is 4.59. The molecule has 24 heavy (non-hydrogen) atoms. The van der Waals surface area contributed by atoms with E-state index in [1.807, 2.05) is 30.3 Å². The number of carbonyl (C=O) groups excluding carboxylic acids is 1. The Morgan fingerprint density at radius 3 is 2.79 bits per heavy atom. The number of rotatable bonds is 5. The van der Waals surface area contributed by atoms with Gasteiger partial charge < -0.3 is 9.47 Å². The predicted molar refractivity (Wildman–Crippen MR) is 97.8 cm³/mol. The van der Waals surface area contributed by atoms with Crippen molar-refractivity contribution in [1.29, 1.82) is 0 Å². The van der Waals surface area contributed by atoms with Gasteiger partial charge in [-0.05, 0) is 43.5 Å². The van der Waals surface area contributed by atoms with Crippen LogP contribution in [0.3, 0.4) is 0 Å². The lowest BCUT2D eigenvalue weighted by molar-refractivity contribution is -0.118. The number of benzene rings is 1. The van der Waals surface area contributed by atoms with Crippen LogP contribution in [0.4, 0.5) is 0 Å². The number of ketones is 1. The Morgan fingerprint density at radius 2 is 2.04 bits per heavy atom. The summed E-state index contributed by atoms with van der Waals surface area (Å²) in [6.07, 6.45) is 4.83. The molecule has 1 aromatic carbocycles. The van der Waals surface area contributed by atoms with Crippen LogP contribution in [0.15, 0.2) is 29.8 Å². The first-order valence-electron chi connectivity index (χ1n) is 8.46. The minimum absolute atomic E-state index is 0. The Balaban J connectivity index is 0.00000208. The minimum atomic E-state index is 0. The van der Waals surface area contributed by atoms with E-state index in [-0.39, 0.29) is 18.3 Å². The van der Waals surface area contributed by atoms with Gasteiger partial charge in [0.15, 0.2) is 5.78 Å². The van der Waals surface area contributed by atoms with Crippen LogP contribution in [0.2, 0.25) is 0 Å². The zero-order chi connectivity index (χ0) is 16.1. The number of methoxy groups -OCH3 is 1. The average molecular weight is 352 g/mol. The van der Waals surface area contributed by atoms with Crippen LogP contribution in [-0.4, -0.2) is 50.6 Å². The fourth-order valence-corrected chi connectivity index (χ4v) is 3.40. The number of ether oxygens (including phenoxy) is 2. The Bertz CT molecular complexity index is 582. The molecule has 5 heteroatoms. The smallest absolute Gasteiger partial charge is 0.162 e. The third-order valence-corrected chi connectivity index (χ3v) is 4.82. The molecule has 0 bridgehead atoms. The van der Waals surface area contributed by atoms with E-state index in [0.29, 0.717) is 5.78 Å². The van der Waals surface area contributed by atoms with Crippen LogP contribution < -0.4 is 4.74 Å². The van der Waals surface area contributed by atoms with Crippen molar-refractivity contribution < 1.29 is 14.3 Å². The fourth-order valence-electron chi connectivity index (χ4n) is 3.40. The first-order chi connectivity index (χ1) is 11.3. The maximum Gasteiger partial charge on any atom is 0.162 e. The maximum atomic E-state index is 12.6. The van der Waals surface area contributed by atoms with Crippen molar-refractivity contribution in [3.63, 3.8) is 0 Å². The molecule has 1 saturated heterocycles. The third-order valence-electron chi connectivity index (χ3n) is 4.82. The van der Waals surface area contributed by atoms with Crippen LogP contribution in [0, 0.1) is 5.92 Å². The lowest BCUT2D eigenvalue weighted by Crippen LogP contribution is -2.37. The number of carbonyl (C=O) groups is 1. The van der Waals surface area contributed by atoms with Crippen molar-refractivity contribution in [3.8, 4) is 5.75 Å². The Kier molecular flexibility index (Phi) is 7.28. The van der Waals surface area contributed by atoms with Gasteiger partial charge in [0.25, 0.3) is 0 Å². The molecule has 1 aliphatic heterocycles. The molecule has 1 aromatic rings. The van der Waals surface area contributed by atoms with Gasteiger partial charge in [-0.1, -0.05) is 18.2 Å². The van der Waals surface area contributed by atoms with Crippen molar-refractivity contribution in [2.24, 2.45) is 5.92 Å². The molecular formula is C19H26ClNO3. The summed E-state index contributed by atoms with van der Waals surface area (Å²) in [5.41, 5.74) is 1.94. The second kappa shape index (κ2) is 9.21. The highest BCUT2D eigenvalue weighted by Crippen LogP contribution is 2.32. The van der Waals surface area contributed by atoms with Gasteiger partial charge in [-0.3, -0.25) is 9.69 Å². The van der Waals surface area contributed by atoms with Gasteiger partial charge in [-0.15, -0.1) is 12.4 Å². The largest absolute Gasteiger partial charge is 0.496 e. The molecule has 0 aromatic heterocycles. The molecule has 132 valence electrons. The second-order valence-electron chi connectivity index (χ2n) is 6.25. The number of para-hydroxylation sites is 1. The second-order valence-corrected chi connectivity index (χ2v) is 6.25. The van der Waals surface area contributed by atoms with Gasteiger partial charge in [0.2, 0.25) is 0 Å². The monoisotopic (exact) mass is 351 g/mol. The van der Waals surface area contributed by atoms with Crippen molar-refractivity contribution in [2.75, 3.05) is 40.0 Å². The molecule has 1 atom stereocenters. The number of hydrogen-bond acceptors (Lipinski definition) is 4. The number of halogens is 1. The first-order valence-corrected chi connectivity index (χ1v) is 8.46. The van der Waals surface area contributed by atoms with Gasteiger partial charge >= 0.3 is 0 Å². The standard InChI is InChI=1S/C19H25NO3.ClH/c1-22-18-5-3-2-4-16(18)14-17-7-6-15(19(17)21)8-9-20-10-12-23-13-11-20;/h2-5,14-15H,6-13H2,1H3;1H/b17-14+;. The number of hydrogen-bond donors (Lipinski definition) is 0. The summed E-state index contributed by atoms with van der Waals surface area (Å²) < 4.78 is 10.7. The summed E-state index contributed by atoms with van der Waals surface area (Å²) >= 11 is 0. The first kappa shape index (κ1) is 19.0. The van der Waals surface area contributed by atoms with E-state index in [1.165, 1.54) is 0 Å². The Hall–Kier alpha value is -1.36. The number of morpholine rings is 1. The molecule has 2 fully saturated rings. The Labute approximate surface area is 150 Å². The normalized spacial score (nSPS) is 23.3. The highest BCUT2D eigenvalue weighted by molar-refractivity contribution is 6.03. The van der Waals surface area contributed by atoms with Gasteiger partial charge in [0, 0.05) is 24.6 Å². The van der Waals surface area contributed by atoms with Crippen molar-refractivity contribution in [3.05, 3.63) is 35.4 Å². The van der Waals surface area contributed by atoms with E-state index in [1.54, 1.807) is 7.11 Å². The van der Waals surface area contributed by atoms with E-state index in [9.17, 15) is 4.79 Å². The number of nitrogens with zero attached hydrogens (tertiary/aromatic N) is 1. The molecule has 1 aliphatic carbocycles. The van der Waals surface area contributed by atoms with Crippen molar-refractivity contribution in [2.45, 2.75) is 19.3 Å². The van der Waals surface area contributed by atoms with Crippen molar-refractivity contribution >= 4 is 24.3 Å². The lowest BCUT2D eigenvalue weighted by Gasteiger charge is -2.27. The van der Waals surface area contributed by atoms with E-state index >= 15 is 0 Å². The molecule has 2 aliphatic rings. The molecule has 3 rings (SSSR count). The molecular weight excluding hydrogens is 326 g/mol. The zero-order valence-corrected chi connectivity index (χ0v) is 15.0. The van der Waals surface area contributed by atoms with Crippen molar-refractivity contribution in [1.82, 2.24) is 4.90 Å². The van der Waals surface area contributed by atoms with Gasteiger partial charge in [0.1, 0.15) is 5.75 Å². The van der Waals surface area contributed by atoms with Crippen LogP contribution in [0.1, 0.15) is 24.8 Å². The highest BCUT2D eigenvalue weighted by atomic mass is 35.5. The van der Waals surface area contributed by atoms with Gasteiger partial charge in [-0.25, -0.2) is 0 Å². The van der Waals surface area contributed by atoms with Crippen LogP contribution >= 0.6 is 12.4 Å². The topological polar surface area (TPSA) is 38.8 Å². The Morgan fingerprint density at radius 1 is 1.29 bits per heavy atom. The van der Waals surface area contributed by atoms with E-state index in [4.69, 9.17) is 9.47 Å². The SMILES string of the molecule is COc1ccccc1/C=C1\CCC(CCN2CCOCC2)C1=O.Cl. The molecule has 1 heterocycles. The molecule has 0 radical (unpaired) electrons. The van der Waals surface area contributed by atoms with Crippen LogP contribution in [0.25, 0.3) is 6.08 Å². The molecule has 0 spiro atoms. The summed E-state index contributed by atoms with van der Waals surface area (Å²) in [4.78, 5) is 15.0. The molecule has 1 saturated carbocycles. The molecule has 0 amide bonds. The quantitative estimate of drug-likeness (QED) is 0.764. The number of Topliss-reactive ketones (excluding diaryl/α,β-unsaturated/α-hetero) is 1. The average Bonchev–Trinajstić information content (AvgIpc) is 2.94. The molecule has 4 nitrogen and oxygen atoms in total. The zero-order valence-electron chi connectivity index (χ0n) is 14.2.